The smallest absolute Gasteiger partial charge is 0.240 e. The van der Waals surface area contributed by atoms with Gasteiger partial charge in [-0.3, -0.25) is 0 Å². The van der Waals surface area contributed by atoms with Gasteiger partial charge in [-0.2, -0.15) is 11.3 Å². The lowest BCUT2D eigenvalue weighted by atomic mass is 10.1. The molecule has 1 aromatic carbocycles. The Morgan fingerprint density at radius 1 is 1.17 bits per heavy atom. The predicted octanol–water partition coefficient (Wildman–Crippen LogP) is 3.28. The highest BCUT2D eigenvalue weighted by Gasteiger charge is 2.19. The van der Waals surface area contributed by atoms with Crippen LogP contribution in [0.4, 0.5) is 0 Å². The molecule has 0 radical (unpaired) electrons. The van der Waals surface area contributed by atoms with Crippen LogP contribution < -0.4 is 4.72 Å². The number of rotatable bonds is 8. The second-order valence-corrected chi connectivity index (χ2v) is 8.33. The van der Waals surface area contributed by atoms with Crippen LogP contribution in [0.2, 0.25) is 0 Å². The van der Waals surface area contributed by atoms with Crippen molar-refractivity contribution in [2.75, 3.05) is 20.6 Å². The molecule has 0 spiro atoms. The fraction of sp³-hybridized carbons (Fsp3) is 0.412. The fourth-order valence-electron chi connectivity index (χ4n) is 2.46. The van der Waals surface area contributed by atoms with Crippen LogP contribution in [0.1, 0.15) is 30.5 Å². The first-order chi connectivity index (χ1) is 10.9. The quantitative estimate of drug-likeness (QED) is 0.793. The fourth-order valence-corrected chi connectivity index (χ4v) is 4.20. The largest absolute Gasteiger partial charge is 0.301 e. The van der Waals surface area contributed by atoms with Crippen molar-refractivity contribution < 1.29 is 8.42 Å². The van der Waals surface area contributed by atoms with Gasteiger partial charge in [0.25, 0.3) is 0 Å². The zero-order valence-corrected chi connectivity index (χ0v) is 15.5. The summed E-state index contributed by atoms with van der Waals surface area (Å²) < 4.78 is 27.7. The van der Waals surface area contributed by atoms with Crippen molar-refractivity contribution in [3.63, 3.8) is 0 Å². The number of hydrogen-bond donors (Lipinski definition) is 1. The first-order valence-corrected chi connectivity index (χ1v) is 10.1. The number of nitrogens with one attached hydrogen (secondary N) is 1. The molecular weight excluding hydrogens is 328 g/mol. The molecule has 0 saturated heterocycles. The highest BCUT2D eigenvalue weighted by molar-refractivity contribution is 7.89. The average molecular weight is 353 g/mol. The van der Waals surface area contributed by atoms with E-state index in [1.165, 1.54) is 0 Å². The van der Waals surface area contributed by atoms with Crippen LogP contribution in [-0.2, 0) is 16.4 Å². The molecule has 1 N–H and O–H groups in total. The van der Waals surface area contributed by atoms with Crippen molar-refractivity contribution in [1.82, 2.24) is 9.62 Å². The molecule has 0 aliphatic rings. The van der Waals surface area contributed by atoms with Crippen LogP contribution in [0.25, 0.3) is 0 Å². The second-order valence-electron chi connectivity index (χ2n) is 5.78. The molecule has 0 aliphatic carbocycles. The average Bonchev–Trinajstić information content (AvgIpc) is 3.02. The van der Waals surface area contributed by atoms with Gasteiger partial charge in [-0.05, 0) is 60.6 Å². The minimum absolute atomic E-state index is 0.0235. The third-order valence-electron chi connectivity index (χ3n) is 3.79. The number of thiophene rings is 1. The Hall–Kier alpha value is -1.21. The van der Waals surface area contributed by atoms with Crippen LogP contribution in [0.5, 0.6) is 0 Å². The topological polar surface area (TPSA) is 49.4 Å². The van der Waals surface area contributed by atoms with E-state index in [0.29, 0.717) is 11.4 Å². The van der Waals surface area contributed by atoms with Gasteiger partial charge in [0.05, 0.1) is 4.90 Å². The molecule has 0 amide bonds. The summed E-state index contributed by atoms with van der Waals surface area (Å²) >= 11 is 1.62. The summed E-state index contributed by atoms with van der Waals surface area (Å²) in [5.41, 5.74) is 2.29. The summed E-state index contributed by atoms with van der Waals surface area (Å²) in [7, 11) is 0.424. The lowest BCUT2D eigenvalue weighted by molar-refractivity contribution is 0.300. The standard InChI is InChI=1S/C17H24N2O2S2/c1-4-5-14-6-8-16(9-7-14)23(20,21)18-12-17(19(2)3)15-10-11-22-13-15/h6-11,13,17-18H,4-5,12H2,1-3H3. The van der Waals surface area contributed by atoms with Gasteiger partial charge in [0.1, 0.15) is 0 Å². The van der Waals surface area contributed by atoms with Gasteiger partial charge in [-0.15, -0.1) is 0 Å². The molecule has 2 aromatic rings. The van der Waals surface area contributed by atoms with Crippen molar-refractivity contribution in [2.45, 2.75) is 30.7 Å². The summed E-state index contributed by atoms with van der Waals surface area (Å²) in [5.74, 6) is 0. The van der Waals surface area contributed by atoms with Crippen LogP contribution in [0.15, 0.2) is 46.0 Å². The van der Waals surface area contributed by atoms with Crippen molar-refractivity contribution in [1.29, 1.82) is 0 Å². The zero-order valence-electron chi connectivity index (χ0n) is 13.8. The molecule has 126 valence electrons. The number of sulfonamides is 1. The third-order valence-corrected chi connectivity index (χ3v) is 5.93. The Morgan fingerprint density at radius 2 is 1.87 bits per heavy atom. The van der Waals surface area contributed by atoms with Crippen molar-refractivity contribution in [3.05, 3.63) is 52.2 Å². The molecule has 1 unspecified atom stereocenters. The van der Waals surface area contributed by atoms with E-state index in [2.05, 4.69) is 17.0 Å². The van der Waals surface area contributed by atoms with Gasteiger partial charge in [0, 0.05) is 12.6 Å². The van der Waals surface area contributed by atoms with E-state index in [1.54, 1.807) is 23.5 Å². The first-order valence-electron chi connectivity index (χ1n) is 7.71. The predicted molar refractivity (Wildman–Crippen MR) is 96.4 cm³/mol. The summed E-state index contributed by atoms with van der Waals surface area (Å²) in [6.07, 6.45) is 2.02. The monoisotopic (exact) mass is 352 g/mol. The lowest BCUT2D eigenvalue weighted by Crippen LogP contribution is -2.34. The number of aryl methyl sites for hydroxylation is 1. The van der Waals surface area contributed by atoms with Crippen molar-refractivity contribution >= 4 is 21.4 Å². The molecule has 6 heteroatoms. The summed E-state index contributed by atoms with van der Waals surface area (Å²) in [6.45, 7) is 2.46. The zero-order chi connectivity index (χ0) is 16.9. The number of benzene rings is 1. The van der Waals surface area contributed by atoms with E-state index in [4.69, 9.17) is 0 Å². The minimum Gasteiger partial charge on any atom is -0.301 e. The van der Waals surface area contributed by atoms with E-state index < -0.39 is 10.0 Å². The van der Waals surface area contributed by atoms with Crippen LogP contribution in [0, 0.1) is 0 Å². The molecule has 2 rings (SSSR count). The van der Waals surface area contributed by atoms with E-state index in [9.17, 15) is 8.42 Å². The molecular formula is C17H24N2O2S2. The maximum atomic E-state index is 12.5. The summed E-state index contributed by atoms with van der Waals surface area (Å²) in [6, 6.07) is 9.20. The van der Waals surface area contributed by atoms with Gasteiger partial charge in [0.15, 0.2) is 0 Å². The highest BCUT2D eigenvalue weighted by atomic mass is 32.2. The maximum absolute atomic E-state index is 12.5. The number of hydrogen-bond acceptors (Lipinski definition) is 4. The van der Waals surface area contributed by atoms with Crippen molar-refractivity contribution in [2.24, 2.45) is 0 Å². The Morgan fingerprint density at radius 3 is 2.39 bits per heavy atom. The molecule has 0 bridgehead atoms. The molecule has 1 aromatic heterocycles. The van der Waals surface area contributed by atoms with Crippen molar-refractivity contribution in [3.8, 4) is 0 Å². The summed E-state index contributed by atoms with van der Waals surface area (Å²) in [4.78, 5) is 2.34. The van der Waals surface area contributed by atoms with E-state index in [0.717, 1.165) is 24.0 Å². The molecule has 1 atom stereocenters. The summed E-state index contributed by atoms with van der Waals surface area (Å²) in [5, 5.41) is 4.06. The third kappa shape index (κ3) is 4.88. The Bertz CT molecular complexity index is 693. The SMILES string of the molecule is CCCc1ccc(S(=O)(=O)NCC(c2ccsc2)N(C)C)cc1. The Balaban J connectivity index is 2.08. The van der Waals surface area contributed by atoms with E-state index in [1.807, 2.05) is 42.6 Å². The van der Waals surface area contributed by atoms with Crippen LogP contribution in [0.3, 0.4) is 0 Å². The Labute approximate surface area is 143 Å². The molecule has 0 saturated carbocycles. The highest BCUT2D eigenvalue weighted by Crippen LogP contribution is 2.21. The van der Waals surface area contributed by atoms with Gasteiger partial charge in [-0.1, -0.05) is 25.5 Å². The second kappa shape index (κ2) is 8.06. The van der Waals surface area contributed by atoms with Gasteiger partial charge in [0.2, 0.25) is 10.0 Å². The van der Waals surface area contributed by atoms with Crippen LogP contribution >= 0.6 is 11.3 Å². The molecule has 0 fully saturated rings. The van der Waals surface area contributed by atoms with Gasteiger partial charge in [-0.25, -0.2) is 13.1 Å². The number of nitrogens with zero attached hydrogens (tertiary/aromatic N) is 1. The molecule has 0 aliphatic heterocycles. The Kier molecular flexibility index (Phi) is 6.35. The molecule has 23 heavy (non-hydrogen) atoms. The number of likely N-dealkylation sites (N-methyl/N-ethyl adjacent to an activating group) is 1. The van der Waals surface area contributed by atoms with E-state index >= 15 is 0 Å². The maximum Gasteiger partial charge on any atom is 0.240 e. The van der Waals surface area contributed by atoms with E-state index in [-0.39, 0.29) is 6.04 Å². The lowest BCUT2D eigenvalue weighted by Gasteiger charge is -2.24. The first kappa shape index (κ1) is 18.1. The normalized spacial score (nSPS) is 13.4. The van der Waals surface area contributed by atoms with Gasteiger partial charge < -0.3 is 4.90 Å². The minimum atomic E-state index is -3.48. The molecule has 4 nitrogen and oxygen atoms in total. The van der Waals surface area contributed by atoms with Crippen LogP contribution in [-0.4, -0.2) is 34.0 Å². The molecule has 1 heterocycles. The van der Waals surface area contributed by atoms with Gasteiger partial charge >= 0.3 is 0 Å².